The summed E-state index contributed by atoms with van der Waals surface area (Å²) in [5.74, 6) is 0.989. The molecule has 7 heteroatoms. The molecule has 1 atom stereocenters. The highest BCUT2D eigenvalue weighted by molar-refractivity contribution is 5.89. The zero-order chi connectivity index (χ0) is 15.6. The van der Waals surface area contributed by atoms with Crippen LogP contribution >= 0.6 is 0 Å². The lowest BCUT2D eigenvalue weighted by Crippen LogP contribution is -2.37. The molecular weight excluding hydrogens is 294 g/mol. The van der Waals surface area contributed by atoms with Gasteiger partial charge in [-0.05, 0) is 36.9 Å². The number of aromatic amines is 2. The normalized spacial score (nSPS) is 18.2. The third kappa shape index (κ3) is 2.83. The number of hydrogen-bond donors (Lipinski definition) is 3. The van der Waals surface area contributed by atoms with E-state index in [2.05, 4.69) is 25.5 Å². The molecule has 1 aliphatic heterocycles. The van der Waals surface area contributed by atoms with Crippen LogP contribution < -0.4 is 15.7 Å². The largest absolute Gasteiger partial charge is 0.473 e. The predicted octanol–water partition coefficient (Wildman–Crippen LogP) is 1.44. The summed E-state index contributed by atoms with van der Waals surface area (Å²) in [5.41, 5.74) is 0.231. The van der Waals surface area contributed by atoms with Crippen molar-refractivity contribution in [1.82, 2.24) is 25.5 Å². The maximum absolute atomic E-state index is 11.3. The minimum atomic E-state index is -0.353. The van der Waals surface area contributed by atoms with Gasteiger partial charge in [0, 0.05) is 11.9 Å². The fourth-order valence-electron chi connectivity index (χ4n) is 2.85. The second kappa shape index (κ2) is 5.85. The van der Waals surface area contributed by atoms with Gasteiger partial charge in [-0.1, -0.05) is 18.2 Å². The first-order valence-electron chi connectivity index (χ1n) is 7.72. The summed E-state index contributed by atoms with van der Waals surface area (Å²) >= 11 is 0. The molecule has 2 aromatic heterocycles. The average molecular weight is 311 g/mol. The van der Waals surface area contributed by atoms with E-state index in [4.69, 9.17) is 4.74 Å². The summed E-state index contributed by atoms with van der Waals surface area (Å²) in [5, 5.41) is 11.6. The lowest BCUT2D eigenvalue weighted by Gasteiger charge is -2.24. The number of hydrogen-bond acceptors (Lipinski definition) is 5. The maximum atomic E-state index is 11.3. The van der Waals surface area contributed by atoms with Gasteiger partial charge in [0.2, 0.25) is 5.88 Å². The van der Waals surface area contributed by atoms with Crippen molar-refractivity contribution < 1.29 is 4.74 Å². The van der Waals surface area contributed by atoms with Crippen LogP contribution in [0.4, 0.5) is 0 Å². The van der Waals surface area contributed by atoms with Crippen LogP contribution in [0.3, 0.4) is 0 Å². The quantitative estimate of drug-likeness (QED) is 0.680. The Balaban J connectivity index is 1.78. The van der Waals surface area contributed by atoms with Crippen molar-refractivity contribution in [2.45, 2.75) is 18.9 Å². The lowest BCUT2D eigenvalue weighted by molar-refractivity contribution is 0.163. The molecule has 118 valence electrons. The van der Waals surface area contributed by atoms with Gasteiger partial charge < -0.3 is 10.1 Å². The van der Waals surface area contributed by atoms with Crippen molar-refractivity contribution in [2.75, 3.05) is 13.1 Å². The number of fused-ring (bicyclic) bond motifs is 1. The fraction of sp³-hybridized carbons (Fsp3) is 0.312. The Kier molecular flexibility index (Phi) is 3.55. The number of piperidine rings is 1. The van der Waals surface area contributed by atoms with Crippen LogP contribution in [0, 0.1) is 0 Å². The molecule has 1 saturated heterocycles. The van der Waals surface area contributed by atoms with Crippen molar-refractivity contribution >= 4 is 10.8 Å². The van der Waals surface area contributed by atoms with E-state index >= 15 is 0 Å². The highest BCUT2D eigenvalue weighted by atomic mass is 16.5. The highest BCUT2D eigenvalue weighted by Crippen LogP contribution is 2.28. The van der Waals surface area contributed by atoms with E-state index < -0.39 is 0 Å². The summed E-state index contributed by atoms with van der Waals surface area (Å²) < 4.78 is 6.13. The number of ether oxygens (including phenoxy) is 1. The molecule has 0 aliphatic carbocycles. The van der Waals surface area contributed by atoms with E-state index in [0.717, 1.165) is 36.7 Å². The lowest BCUT2D eigenvalue weighted by atomic mass is 10.1. The van der Waals surface area contributed by atoms with Gasteiger partial charge >= 0.3 is 5.69 Å². The van der Waals surface area contributed by atoms with E-state index in [0.29, 0.717) is 17.4 Å². The van der Waals surface area contributed by atoms with Crippen LogP contribution in [0.5, 0.6) is 5.88 Å². The molecule has 1 aromatic carbocycles. The van der Waals surface area contributed by atoms with Gasteiger partial charge in [-0.3, -0.25) is 4.98 Å². The molecule has 0 radical (unpaired) electrons. The Hall–Kier alpha value is -2.67. The second-order valence-electron chi connectivity index (χ2n) is 5.65. The van der Waals surface area contributed by atoms with Crippen molar-refractivity contribution in [3.05, 3.63) is 40.8 Å². The number of nitrogens with zero attached hydrogens (tertiary/aromatic N) is 2. The Morgan fingerprint density at radius 2 is 2.17 bits per heavy atom. The summed E-state index contributed by atoms with van der Waals surface area (Å²) in [4.78, 5) is 18.5. The topological polar surface area (TPSA) is 95.7 Å². The number of rotatable bonds is 3. The molecule has 1 unspecified atom stereocenters. The van der Waals surface area contributed by atoms with Crippen LogP contribution in [0.2, 0.25) is 0 Å². The van der Waals surface area contributed by atoms with Crippen LogP contribution in [0.1, 0.15) is 12.8 Å². The third-order valence-electron chi connectivity index (χ3n) is 3.98. The Labute approximate surface area is 132 Å². The van der Waals surface area contributed by atoms with Gasteiger partial charge in [-0.25, -0.2) is 14.9 Å². The van der Waals surface area contributed by atoms with E-state index in [1.165, 1.54) is 0 Å². The molecule has 0 amide bonds. The Morgan fingerprint density at radius 1 is 1.26 bits per heavy atom. The highest BCUT2D eigenvalue weighted by Gasteiger charge is 2.18. The van der Waals surface area contributed by atoms with E-state index in [-0.39, 0.29) is 11.8 Å². The minimum absolute atomic E-state index is 0.105. The number of benzene rings is 1. The smallest absolute Gasteiger partial charge is 0.340 e. The molecule has 7 nitrogen and oxygen atoms in total. The summed E-state index contributed by atoms with van der Waals surface area (Å²) in [6.07, 6.45) is 2.20. The van der Waals surface area contributed by atoms with E-state index in [1.807, 2.05) is 30.3 Å². The van der Waals surface area contributed by atoms with Crippen LogP contribution in [-0.2, 0) is 0 Å². The summed E-state index contributed by atoms with van der Waals surface area (Å²) in [7, 11) is 0. The maximum Gasteiger partial charge on any atom is 0.340 e. The SMILES string of the molecule is O=c1[nH]nc(-c2cc3ccccc3c(OC3CCCNC3)n2)[nH]1. The van der Waals surface area contributed by atoms with Crippen LogP contribution in [-0.4, -0.2) is 39.4 Å². The predicted molar refractivity (Wildman–Crippen MR) is 86.5 cm³/mol. The molecule has 0 saturated carbocycles. The molecular formula is C16H17N5O2. The summed E-state index contributed by atoms with van der Waals surface area (Å²) in [6.45, 7) is 1.85. The van der Waals surface area contributed by atoms with Gasteiger partial charge in [0.1, 0.15) is 11.8 Å². The van der Waals surface area contributed by atoms with Gasteiger partial charge in [-0.2, -0.15) is 5.10 Å². The third-order valence-corrected chi connectivity index (χ3v) is 3.98. The first kappa shape index (κ1) is 14.0. The zero-order valence-electron chi connectivity index (χ0n) is 12.5. The number of aromatic nitrogens is 4. The molecule has 3 aromatic rings. The van der Waals surface area contributed by atoms with Gasteiger partial charge in [-0.15, -0.1) is 0 Å². The molecule has 0 spiro atoms. The van der Waals surface area contributed by atoms with Crippen molar-refractivity contribution in [1.29, 1.82) is 0 Å². The molecule has 1 fully saturated rings. The monoisotopic (exact) mass is 311 g/mol. The van der Waals surface area contributed by atoms with Gasteiger partial charge in [0.15, 0.2) is 5.82 Å². The zero-order valence-corrected chi connectivity index (χ0v) is 12.5. The van der Waals surface area contributed by atoms with Crippen molar-refractivity contribution in [3.8, 4) is 17.4 Å². The number of H-pyrrole nitrogens is 2. The molecule has 1 aliphatic rings. The molecule has 0 bridgehead atoms. The van der Waals surface area contributed by atoms with Crippen molar-refractivity contribution in [3.63, 3.8) is 0 Å². The Bertz CT molecular complexity index is 879. The Morgan fingerprint density at radius 3 is 2.96 bits per heavy atom. The van der Waals surface area contributed by atoms with E-state index in [1.54, 1.807) is 0 Å². The number of pyridine rings is 1. The first-order chi connectivity index (χ1) is 11.3. The average Bonchev–Trinajstić information content (AvgIpc) is 3.02. The fourth-order valence-corrected chi connectivity index (χ4v) is 2.85. The molecule has 3 heterocycles. The van der Waals surface area contributed by atoms with Gasteiger partial charge in [0.05, 0.1) is 0 Å². The second-order valence-corrected chi connectivity index (χ2v) is 5.65. The molecule has 3 N–H and O–H groups in total. The van der Waals surface area contributed by atoms with Crippen LogP contribution in [0.15, 0.2) is 35.1 Å². The van der Waals surface area contributed by atoms with Crippen molar-refractivity contribution in [2.24, 2.45) is 0 Å². The summed E-state index contributed by atoms with van der Waals surface area (Å²) in [6, 6.07) is 9.81. The van der Waals surface area contributed by atoms with E-state index in [9.17, 15) is 4.79 Å². The number of nitrogens with one attached hydrogen (secondary N) is 3. The molecule has 23 heavy (non-hydrogen) atoms. The van der Waals surface area contributed by atoms with Gasteiger partial charge in [0.25, 0.3) is 0 Å². The van der Waals surface area contributed by atoms with Crippen LogP contribution in [0.25, 0.3) is 22.3 Å². The minimum Gasteiger partial charge on any atom is -0.473 e. The molecule has 4 rings (SSSR count). The first-order valence-corrected chi connectivity index (χ1v) is 7.72. The standard InChI is InChI=1S/C16H17N5O2/c22-16-19-14(20-21-16)13-8-10-4-1-2-6-12(10)15(18-13)23-11-5-3-7-17-9-11/h1-2,4,6,8,11,17H,3,5,7,9H2,(H2,19,20,21,22).